The Hall–Kier alpha value is -2.32. The highest BCUT2D eigenvalue weighted by Crippen LogP contribution is 2.34. The molecule has 144 valence electrons. The molecule has 1 saturated heterocycles. The number of piperazine rings is 1. The summed E-state index contributed by atoms with van der Waals surface area (Å²) in [6.45, 7) is 3.11. The number of fused-ring (bicyclic) bond motifs is 1. The summed E-state index contributed by atoms with van der Waals surface area (Å²) < 4.78 is 51.0. The summed E-state index contributed by atoms with van der Waals surface area (Å²) in [4.78, 5) is 2.14. The molecule has 8 heteroatoms. The minimum Gasteiger partial charge on any atom is -0.486 e. The molecule has 27 heavy (non-hydrogen) atoms. The van der Waals surface area contributed by atoms with Crippen molar-refractivity contribution in [2.45, 2.75) is 5.75 Å². The molecule has 0 bridgehead atoms. The molecule has 0 spiro atoms. The van der Waals surface area contributed by atoms with Gasteiger partial charge in [-0.05, 0) is 29.8 Å². The molecule has 0 aliphatic carbocycles. The van der Waals surface area contributed by atoms with Gasteiger partial charge >= 0.3 is 0 Å². The number of benzene rings is 2. The van der Waals surface area contributed by atoms with Crippen LogP contribution in [0.1, 0.15) is 5.56 Å². The largest absolute Gasteiger partial charge is 0.486 e. The highest BCUT2D eigenvalue weighted by atomic mass is 32.2. The zero-order chi connectivity index (χ0) is 18.9. The molecule has 0 amide bonds. The average molecular weight is 392 g/mol. The zero-order valence-corrected chi connectivity index (χ0v) is 15.6. The lowest BCUT2D eigenvalue weighted by molar-refractivity contribution is 0.171. The van der Waals surface area contributed by atoms with Gasteiger partial charge in [0, 0.05) is 37.9 Å². The van der Waals surface area contributed by atoms with E-state index in [0.717, 1.165) is 17.2 Å². The first-order valence-electron chi connectivity index (χ1n) is 8.88. The highest BCUT2D eigenvalue weighted by Gasteiger charge is 2.27. The summed E-state index contributed by atoms with van der Waals surface area (Å²) in [5.41, 5.74) is 1.58. The van der Waals surface area contributed by atoms with E-state index >= 15 is 0 Å². The molecule has 2 aromatic carbocycles. The molecule has 0 aromatic heterocycles. The van der Waals surface area contributed by atoms with Crippen LogP contribution in [-0.2, 0) is 15.8 Å². The van der Waals surface area contributed by atoms with Crippen molar-refractivity contribution in [1.82, 2.24) is 4.31 Å². The first-order chi connectivity index (χ1) is 13.0. The molecule has 2 aliphatic rings. The molecule has 6 nitrogen and oxygen atoms in total. The van der Waals surface area contributed by atoms with E-state index in [2.05, 4.69) is 4.90 Å². The van der Waals surface area contributed by atoms with E-state index in [-0.39, 0.29) is 11.6 Å². The van der Waals surface area contributed by atoms with E-state index in [9.17, 15) is 12.8 Å². The van der Waals surface area contributed by atoms with Gasteiger partial charge in [0.1, 0.15) is 19.0 Å². The zero-order valence-electron chi connectivity index (χ0n) is 14.8. The van der Waals surface area contributed by atoms with E-state index in [1.54, 1.807) is 0 Å². The molecule has 0 atom stereocenters. The van der Waals surface area contributed by atoms with Crippen LogP contribution in [0, 0.1) is 5.82 Å². The van der Waals surface area contributed by atoms with Crippen LogP contribution in [0.25, 0.3) is 0 Å². The Labute approximate surface area is 158 Å². The SMILES string of the molecule is O=S(=O)(Cc1ccc(F)cc1)N1CCN(c2ccc3c(c2)OCCO3)CC1. The topological polar surface area (TPSA) is 59.1 Å². The second-order valence-electron chi connectivity index (χ2n) is 6.60. The summed E-state index contributed by atoms with van der Waals surface area (Å²) in [5, 5.41) is 0. The van der Waals surface area contributed by atoms with E-state index in [0.29, 0.717) is 45.0 Å². The van der Waals surface area contributed by atoms with Gasteiger partial charge in [-0.3, -0.25) is 0 Å². The fourth-order valence-electron chi connectivity index (χ4n) is 3.34. The quantitative estimate of drug-likeness (QED) is 0.799. The van der Waals surface area contributed by atoms with Gasteiger partial charge in [-0.2, -0.15) is 4.31 Å². The molecular weight excluding hydrogens is 371 g/mol. The Bertz CT molecular complexity index is 910. The smallest absolute Gasteiger partial charge is 0.218 e. The average Bonchev–Trinajstić information content (AvgIpc) is 2.69. The van der Waals surface area contributed by atoms with Crippen molar-refractivity contribution in [2.75, 3.05) is 44.3 Å². The minimum atomic E-state index is -3.43. The van der Waals surface area contributed by atoms with Gasteiger partial charge in [-0.15, -0.1) is 0 Å². The van der Waals surface area contributed by atoms with Crippen molar-refractivity contribution < 1.29 is 22.3 Å². The fourth-order valence-corrected chi connectivity index (χ4v) is 4.85. The molecule has 2 aromatic rings. The number of ether oxygens (including phenoxy) is 2. The Morgan fingerprint density at radius 2 is 1.56 bits per heavy atom. The van der Waals surface area contributed by atoms with Crippen molar-refractivity contribution in [3.8, 4) is 11.5 Å². The van der Waals surface area contributed by atoms with Crippen LogP contribution in [0.3, 0.4) is 0 Å². The number of nitrogens with zero attached hydrogens (tertiary/aromatic N) is 2. The van der Waals surface area contributed by atoms with Crippen LogP contribution in [-0.4, -0.2) is 52.1 Å². The predicted molar refractivity (Wildman–Crippen MR) is 100 cm³/mol. The lowest BCUT2D eigenvalue weighted by atomic mass is 10.2. The lowest BCUT2D eigenvalue weighted by Crippen LogP contribution is -2.49. The van der Waals surface area contributed by atoms with E-state index in [1.165, 1.54) is 28.6 Å². The maximum atomic E-state index is 13.0. The Morgan fingerprint density at radius 1 is 0.889 bits per heavy atom. The summed E-state index contributed by atoms with van der Waals surface area (Å²) >= 11 is 0. The number of sulfonamides is 1. The third-order valence-electron chi connectivity index (χ3n) is 4.79. The van der Waals surface area contributed by atoms with E-state index in [4.69, 9.17) is 9.47 Å². The molecule has 0 N–H and O–H groups in total. The highest BCUT2D eigenvalue weighted by molar-refractivity contribution is 7.88. The normalized spacial score (nSPS) is 17.7. The molecule has 1 fully saturated rings. The Balaban J connectivity index is 1.40. The summed E-state index contributed by atoms with van der Waals surface area (Å²) in [6.07, 6.45) is 0. The number of anilines is 1. The maximum Gasteiger partial charge on any atom is 0.218 e. The van der Waals surface area contributed by atoms with Crippen molar-refractivity contribution >= 4 is 15.7 Å². The van der Waals surface area contributed by atoms with Gasteiger partial charge in [-0.1, -0.05) is 12.1 Å². The van der Waals surface area contributed by atoms with Crippen molar-refractivity contribution in [3.05, 3.63) is 53.8 Å². The van der Waals surface area contributed by atoms with E-state index in [1.807, 2.05) is 18.2 Å². The first kappa shape index (κ1) is 18.1. The number of halogens is 1. The second kappa shape index (κ2) is 7.36. The van der Waals surface area contributed by atoms with Crippen LogP contribution in [0.4, 0.5) is 10.1 Å². The number of rotatable bonds is 4. The standard InChI is InChI=1S/C19H21FN2O4S/c20-16-3-1-15(2-4-16)14-27(23,24)22-9-7-21(8-10-22)17-5-6-18-19(13-17)26-12-11-25-18/h1-6,13H,7-12,14H2. The van der Waals surface area contributed by atoms with Gasteiger partial charge in [0.15, 0.2) is 11.5 Å². The summed E-state index contributed by atoms with van der Waals surface area (Å²) in [6, 6.07) is 11.4. The Kier molecular flexibility index (Phi) is 4.92. The van der Waals surface area contributed by atoms with Crippen molar-refractivity contribution in [3.63, 3.8) is 0 Å². The van der Waals surface area contributed by atoms with E-state index < -0.39 is 10.0 Å². The van der Waals surface area contributed by atoms with Crippen LogP contribution < -0.4 is 14.4 Å². The van der Waals surface area contributed by atoms with Gasteiger partial charge in [-0.25, -0.2) is 12.8 Å². The minimum absolute atomic E-state index is 0.114. The van der Waals surface area contributed by atoms with Gasteiger partial charge < -0.3 is 14.4 Å². The number of hydrogen-bond acceptors (Lipinski definition) is 5. The molecule has 0 saturated carbocycles. The molecular formula is C19H21FN2O4S. The van der Waals surface area contributed by atoms with Crippen LogP contribution in [0.15, 0.2) is 42.5 Å². The maximum absolute atomic E-state index is 13.0. The van der Waals surface area contributed by atoms with Crippen molar-refractivity contribution in [2.24, 2.45) is 0 Å². The van der Waals surface area contributed by atoms with Gasteiger partial charge in [0.25, 0.3) is 0 Å². The van der Waals surface area contributed by atoms with Crippen molar-refractivity contribution in [1.29, 1.82) is 0 Å². The Morgan fingerprint density at radius 3 is 2.26 bits per heavy atom. The third-order valence-corrected chi connectivity index (χ3v) is 6.64. The van der Waals surface area contributed by atoms with Crippen LogP contribution in [0.5, 0.6) is 11.5 Å². The number of hydrogen-bond donors (Lipinski definition) is 0. The third kappa shape index (κ3) is 4.01. The predicted octanol–water partition coefficient (Wildman–Crippen LogP) is 2.25. The lowest BCUT2D eigenvalue weighted by Gasteiger charge is -2.35. The molecule has 0 unspecified atom stereocenters. The van der Waals surface area contributed by atoms with Crippen LogP contribution in [0.2, 0.25) is 0 Å². The van der Waals surface area contributed by atoms with Gasteiger partial charge in [0.05, 0.1) is 5.75 Å². The monoisotopic (exact) mass is 392 g/mol. The second-order valence-corrected chi connectivity index (χ2v) is 8.57. The molecule has 2 aliphatic heterocycles. The fraction of sp³-hybridized carbons (Fsp3) is 0.368. The summed E-state index contributed by atoms with van der Waals surface area (Å²) in [7, 11) is -3.43. The summed E-state index contributed by atoms with van der Waals surface area (Å²) in [5.74, 6) is 0.983. The molecule has 0 radical (unpaired) electrons. The van der Waals surface area contributed by atoms with Gasteiger partial charge in [0.2, 0.25) is 10.0 Å². The molecule has 2 heterocycles. The van der Waals surface area contributed by atoms with Crippen LogP contribution >= 0.6 is 0 Å². The first-order valence-corrected chi connectivity index (χ1v) is 10.5. The molecule has 4 rings (SSSR count).